The van der Waals surface area contributed by atoms with Crippen LogP contribution in [0.3, 0.4) is 0 Å². The molecule has 1 N–H and O–H groups in total. The molecule has 5 rings (SSSR count). The highest BCUT2D eigenvalue weighted by Gasteiger charge is 2.33. The topological polar surface area (TPSA) is 115 Å². The second kappa shape index (κ2) is 12.2. The molecule has 1 atom stereocenters. The summed E-state index contributed by atoms with van der Waals surface area (Å²) in [6.07, 6.45) is 1.72. The van der Waals surface area contributed by atoms with Crippen LogP contribution in [0, 0.1) is 18.3 Å². The van der Waals surface area contributed by atoms with Crippen LogP contribution >= 0.6 is 11.3 Å². The van der Waals surface area contributed by atoms with Gasteiger partial charge in [0, 0.05) is 11.3 Å². The van der Waals surface area contributed by atoms with Crippen LogP contribution < -0.4 is 34.4 Å². The first-order chi connectivity index (χ1) is 20.4. The highest BCUT2D eigenvalue weighted by molar-refractivity contribution is 7.07. The highest BCUT2D eigenvalue weighted by Crippen LogP contribution is 2.36. The van der Waals surface area contributed by atoms with Crippen molar-refractivity contribution in [3.63, 3.8) is 0 Å². The van der Waals surface area contributed by atoms with Crippen molar-refractivity contribution in [3.8, 4) is 23.3 Å². The van der Waals surface area contributed by atoms with Crippen LogP contribution in [0.25, 0.3) is 6.08 Å². The first kappa shape index (κ1) is 28.4. The minimum atomic E-state index is -0.794. The molecule has 0 fully saturated rings. The van der Waals surface area contributed by atoms with Crippen LogP contribution in [0.15, 0.2) is 87.8 Å². The Morgan fingerprint density at radius 2 is 1.79 bits per heavy atom. The van der Waals surface area contributed by atoms with Gasteiger partial charge in [0.1, 0.15) is 11.8 Å². The summed E-state index contributed by atoms with van der Waals surface area (Å²) in [4.78, 5) is 33.1. The summed E-state index contributed by atoms with van der Waals surface area (Å²) in [5.74, 6) is 1.11. The molecular weight excluding hydrogens is 552 g/mol. The lowest BCUT2D eigenvalue weighted by Gasteiger charge is -2.26. The van der Waals surface area contributed by atoms with Gasteiger partial charge in [-0.25, -0.2) is 4.99 Å². The SMILES string of the molecule is COc1ccc([C@H]2C(C(=O)Nc3ccccc3C)=C(C)N=c3s/c(=C\c4ccccc4OCC#N)c(=O)n32)cc1OC. The number of ether oxygens (including phenoxy) is 3. The van der Waals surface area contributed by atoms with Crippen molar-refractivity contribution >= 4 is 29.0 Å². The number of allylic oxidation sites excluding steroid dienone is 1. The minimum absolute atomic E-state index is 0.121. The Kier molecular flexibility index (Phi) is 8.22. The van der Waals surface area contributed by atoms with E-state index in [2.05, 4.69) is 5.32 Å². The van der Waals surface area contributed by atoms with E-state index in [4.69, 9.17) is 24.5 Å². The Labute approximate surface area is 246 Å². The number of carbonyl (C=O) groups excluding carboxylic acids is 1. The lowest BCUT2D eigenvalue weighted by molar-refractivity contribution is -0.113. The Balaban J connectivity index is 1.70. The van der Waals surface area contributed by atoms with Crippen LogP contribution in [0.2, 0.25) is 0 Å². The molecule has 2 heterocycles. The molecule has 1 aliphatic rings. The van der Waals surface area contributed by atoms with Gasteiger partial charge >= 0.3 is 0 Å². The predicted octanol–water partition coefficient (Wildman–Crippen LogP) is 4.10. The predicted molar refractivity (Wildman–Crippen MR) is 161 cm³/mol. The molecule has 0 radical (unpaired) electrons. The van der Waals surface area contributed by atoms with Gasteiger partial charge in [0.25, 0.3) is 11.5 Å². The molecule has 0 spiro atoms. The van der Waals surface area contributed by atoms with Gasteiger partial charge in [-0.05, 0) is 55.3 Å². The van der Waals surface area contributed by atoms with E-state index < -0.39 is 6.04 Å². The maximum Gasteiger partial charge on any atom is 0.271 e. The molecule has 4 aromatic rings. The number of rotatable bonds is 8. The third-order valence-corrected chi connectivity index (χ3v) is 7.86. The van der Waals surface area contributed by atoms with E-state index in [0.29, 0.717) is 54.7 Å². The molecule has 0 saturated heterocycles. The Hall–Kier alpha value is -5.14. The monoisotopic (exact) mass is 580 g/mol. The van der Waals surface area contributed by atoms with Crippen molar-refractivity contribution < 1.29 is 19.0 Å². The maximum absolute atomic E-state index is 14.1. The van der Waals surface area contributed by atoms with Crippen molar-refractivity contribution in [2.75, 3.05) is 26.1 Å². The summed E-state index contributed by atoms with van der Waals surface area (Å²) >= 11 is 1.22. The first-order valence-corrected chi connectivity index (χ1v) is 13.9. The molecule has 0 saturated carbocycles. The fourth-order valence-electron chi connectivity index (χ4n) is 4.84. The van der Waals surface area contributed by atoms with Gasteiger partial charge in [0.05, 0.1) is 36.1 Å². The van der Waals surface area contributed by atoms with Gasteiger partial charge in [-0.1, -0.05) is 53.8 Å². The van der Waals surface area contributed by atoms with Crippen LogP contribution in [-0.2, 0) is 4.79 Å². The Morgan fingerprint density at radius 1 is 1.05 bits per heavy atom. The standard InChI is InChI=1S/C32H28N4O5S/c1-19-9-5-7-11-23(19)35-30(37)28-20(2)34-32-36(29(28)22-13-14-25(39-3)26(17-22)40-4)31(38)27(42-32)18-21-10-6-8-12-24(21)41-16-15-33/h5-14,17-18,29H,16H2,1-4H3,(H,35,37)/b27-18-/t29-/m0/s1. The van der Waals surface area contributed by atoms with E-state index in [1.54, 1.807) is 44.4 Å². The molecule has 0 bridgehead atoms. The lowest BCUT2D eigenvalue weighted by atomic mass is 9.94. The maximum atomic E-state index is 14.1. The number of hydrogen-bond acceptors (Lipinski definition) is 8. The summed E-state index contributed by atoms with van der Waals surface area (Å²) < 4.78 is 18.5. The molecule has 9 nitrogen and oxygen atoms in total. The molecule has 1 aliphatic heterocycles. The van der Waals surface area contributed by atoms with E-state index in [1.807, 2.05) is 55.5 Å². The van der Waals surface area contributed by atoms with Crippen molar-refractivity contribution in [3.05, 3.63) is 114 Å². The number of methoxy groups -OCH3 is 2. The summed E-state index contributed by atoms with van der Waals surface area (Å²) in [6, 6.07) is 21.2. The van der Waals surface area contributed by atoms with Crippen LogP contribution in [0.1, 0.15) is 29.7 Å². The zero-order chi connectivity index (χ0) is 29.8. The third-order valence-electron chi connectivity index (χ3n) is 6.88. The largest absolute Gasteiger partial charge is 0.493 e. The van der Waals surface area contributed by atoms with E-state index in [9.17, 15) is 9.59 Å². The average molecular weight is 581 g/mol. The normalized spacial score (nSPS) is 14.5. The number of nitrogens with one attached hydrogen (secondary N) is 1. The fraction of sp³-hybridized carbons (Fsp3) is 0.188. The Bertz CT molecular complexity index is 1930. The molecule has 0 aliphatic carbocycles. The number of nitrogens with zero attached hydrogens (tertiary/aromatic N) is 3. The zero-order valence-electron chi connectivity index (χ0n) is 23.5. The fourth-order valence-corrected chi connectivity index (χ4v) is 5.87. The molecule has 1 amide bonds. The highest BCUT2D eigenvalue weighted by atomic mass is 32.1. The molecule has 10 heteroatoms. The second-order valence-electron chi connectivity index (χ2n) is 9.45. The third kappa shape index (κ3) is 5.42. The quantitative estimate of drug-likeness (QED) is 0.336. The summed E-state index contributed by atoms with van der Waals surface area (Å²) in [5, 5.41) is 12.0. The molecule has 3 aromatic carbocycles. The van der Waals surface area contributed by atoms with Crippen molar-refractivity contribution in [1.82, 2.24) is 4.57 Å². The zero-order valence-corrected chi connectivity index (χ0v) is 24.3. The number of aromatic nitrogens is 1. The molecule has 42 heavy (non-hydrogen) atoms. The Morgan fingerprint density at radius 3 is 2.52 bits per heavy atom. The number of fused-ring (bicyclic) bond motifs is 1. The lowest BCUT2D eigenvalue weighted by Crippen LogP contribution is -2.40. The number of para-hydroxylation sites is 2. The molecule has 212 valence electrons. The van der Waals surface area contributed by atoms with E-state index in [-0.39, 0.29) is 18.1 Å². The van der Waals surface area contributed by atoms with Crippen molar-refractivity contribution in [2.45, 2.75) is 19.9 Å². The summed E-state index contributed by atoms with van der Waals surface area (Å²) in [5.41, 5.74) is 3.38. The van der Waals surface area contributed by atoms with Crippen LogP contribution in [0.5, 0.6) is 17.2 Å². The first-order valence-electron chi connectivity index (χ1n) is 13.1. The number of thiazole rings is 1. The molecule has 1 aromatic heterocycles. The van der Waals surface area contributed by atoms with E-state index in [0.717, 1.165) is 5.56 Å². The number of amides is 1. The summed E-state index contributed by atoms with van der Waals surface area (Å²) in [6.45, 7) is 3.56. The number of aryl methyl sites for hydroxylation is 1. The number of nitriles is 1. The molecular formula is C32H28N4O5S. The van der Waals surface area contributed by atoms with Gasteiger partial charge in [0.15, 0.2) is 22.9 Å². The van der Waals surface area contributed by atoms with Crippen molar-refractivity contribution in [2.24, 2.45) is 4.99 Å². The van der Waals surface area contributed by atoms with E-state index in [1.165, 1.54) is 23.0 Å². The van der Waals surface area contributed by atoms with Gasteiger partial charge in [-0.2, -0.15) is 5.26 Å². The van der Waals surface area contributed by atoms with Gasteiger partial charge in [-0.15, -0.1) is 0 Å². The van der Waals surface area contributed by atoms with Crippen molar-refractivity contribution in [1.29, 1.82) is 5.26 Å². The molecule has 0 unspecified atom stereocenters. The van der Waals surface area contributed by atoms with Crippen LogP contribution in [-0.4, -0.2) is 31.3 Å². The smallest absolute Gasteiger partial charge is 0.271 e. The average Bonchev–Trinajstić information content (AvgIpc) is 3.30. The van der Waals surface area contributed by atoms with E-state index >= 15 is 0 Å². The van der Waals surface area contributed by atoms with Gasteiger partial charge in [0.2, 0.25) is 0 Å². The second-order valence-corrected chi connectivity index (χ2v) is 10.5. The number of hydrogen-bond donors (Lipinski definition) is 1. The number of anilines is 1. The van der Waals surface area contributed by atoms with Gasteiger partial charge < -0.3 is 19.5 Å². The van der Waals surface area contributed by atoms with Crippen LogP contribution in [0.4, 0.5) is 5.69 Å². The summed E-state index contributed by atoms with van der Waals surface area (Å²) in [7, 11) is 3.08. The minimum Gasteiger partial charge on any atom is -0.493 e. The number of benzene rings is 3. The number of carbonyl (C=O) groups is 1. The van der Waals surface area contributed by atoms with Gasteiger partial charge in [-0.3, -0.25) is 14.2 Å².